The number of hydrogen-bond donors (Lipinski definition) is 2. The van der Waals surface area contributed by atoms with Crippen molar-refractivity contribution >= 4 is 23.5 Å². The molecule has 0 aliphatic heterocycles. The average molecular weight is 430 g/mol. The van der Waals surface area contributed by atoms with Crippen molar-refractivity contribution in [3.63, 3.8) is 0 Å². The second-order valence-electron chi connectivity index (χ2n) is 6.50. The van der Waals surface area contributed by atoms with Crippen LogP contribution < -0.4 is 11.5 Å². The van der Waals surface area contributed by atoms with Crippen LogP contribution in [0.25, 0.3) is 0 Å². The molecule has 0 aromatic heterocycles. The van der Waals surface area contributed by atoms with E-state index in [4.69, 9.17) is 11.5 Å². The number of thioether (sulfide) groups is 1. The van der Waals surface area contributed by atoms with E-state index in [1.165, 1.54) is 12.1 Å². The van der Waals surface area contributed by atoms with Gasteiger partial charge in [-0.2, -0.15) is 13.2 Å². The van der Waals surface area contributed by atoms with Crippen molar-refractivity contribution in [1.29, 1.82) is 0 Å². The van der Waals surface area contributed by atoms with Gasteiger partial charge in [-0.15, -0.1) is 0 Å². The normalized spacial score (nSPS) is 13.5. The molecule has 154 valence electrons. The van der Waals surface area contributed by atoms with E-state index in [0.717, 1.165) is 36.0 Å². The molecule has 3 aromatic carbocycles. The van der Waals surface area contributed by atoms with E-state index in [1.807, 2.05) is 6.07 Å². The lowest BCUT2D eigenvalue weighted by Gasteiger charge is -2.26. The maximum absolute atomic E-state index is 12.8. The van der Waals surface area contributed by atoms with Crippen LogP contribution in [0.1, 0.15) is 27.0 Å². The number of ketones is 1. The van der Waals surface area contributed by atoms with Crippen molar-refractivity contribution in [3.8, 4) is 0 Å². The predicted molar refractivity (Wildman–Crippen MR) is 109 cm³/mol. The summed E-state index contributed by atoms with van der Waals surface area (Å²) in [6, 6.07) is 18.9. The summed E-state index contributed by atoms with van der Waals surface area (Å²) in [5, 5.41) is 0. The molecule has 3 aromatic rings. The average Bonchev–Trinajstić information content (AvgIpc) is 2.73. The summed E-state index contributed by atoms with van der Waals surface area (Å²) in [5.74, 6) is -1.29. The highest BCUT2D eigenvalue weighted by atomic mass is 32.2. The zero-order chi connectivity index (χ0) is 21.9. The van der Waals surface area contributed by atoms with Crippen LogP contribution in [-0.2, 0) is 15.8 Å². The van der Waals surface area contributed by atoms with Crippen molar-refractivity contribution in [1.82, 2.24) is 0 Å². The first-order valence-electron chi connectivity index (χ1n) is 8.76. The van der Waals surface area contributed by atoms with Crippen LogP contribution in [0.5, 0.6) is 0 Å². The zero-order valence-electron chi connectivity index (χ0n) is 15.5. The number of hydrogen-bond acceptors (Lipinski definition) is 4. The van der Waals surface area contributed by atoms with Crippen LogP contribution in [0.15, 0.2) is 83.8 Å². The standard InChI is InChI=1S/C22H17F3N2O2S/c23-22(24,25)16-11-9-14(10-12-16)19(28)15-5-4-6-17(13-15)21(27,20(26)29)30-18-7-2-1-3-8-18/h1-13H,27H2,(H2,26,29). The molecule has 1 unspecified atom stereocenters. The summed E-state index contributed by atoms with van der Waals surface area (Å²) in [7, 11) is 0. The number of carbonyl (C=O) groups excluding carboxylic acids is 2. The third kappa shape index (κ3) is 4.55. The van der Waals surface area contributed by atoms with E-state index in [1.54, 1.807) is 36.4 Å². The van der Waals surface area contributed by atoms with Gasteiger partial charge in [-0.25, -0.2) is 0 Å². The fraction of sp³-hybridized carbons (Fsp3) is 0.0909. The second kappa shape index (κ2) is 8.33. The molecule has 1 amide bonds. The first-order chi connectivity index (χ1) is 14.1. The topological polar surface area (TPSA) is 86.2 Å². The van der Waals surface area contributed by atoms with Crippen LogP contribution >= 0.6 is 11.8 Å². The Labute approximate surface area is 175 Å². The molecular formula is C22H17F3N2O2S. The minimum atomic E-state index is -4.49. The lowest BCUT2D eigenvalue weighted by Crippen LogP contribution is -2.46. The molecule has 8 heteroatoms. The molecule has 4 N–H and O–H groups in total. The Morgan fingerprint density at radius 3 is 1.97 bits per heavy atom. The lowest BCUT2D eigenvalue weighted by molar-refractivity contribution is -0.137. The van der Waals surface area contributed by atoms with Gasteiger partial charge in [0, 0.05) is 16.0 Å². The molecule has 1 atom stereocenters. The number of amides is 1. The molecule has 3 rings (SSSR count). The molecule has 0 heterocycles. The highest BCUT2D eigenvalue weighted by Gasteiger charge is 2.36. The van der Waals surface area contributed by atoms with Gasteiger partial charge in [-0.3, -0.25) is 9.59 Å². The number of nitrogens with two attached hydrogens (primary N) is 2. The van der Waals surface area contributed by atoms with Crippen molar-refractivity contribution in [3.05, 3.63) is 101 Å². The van der Waals surface area contributed by atoms with Crippen molar-refractivity contribution in [2.75, 3.05) is 0 Å². The largest absolute Gasteiger partial charge is 0.416 e. The fourth-order valence-electron chi connectivity index (χ4n) is 2.79. The van der Waals surface area contributed by atoms with Crippen LogP contribution in [0.2, 0.25) is 0 Å². The molecule has 0 fully saturated rings. The van der Waals surface area contributed by atoms with E-state index < -0.39 is 28.3 Å². The maximum atomic E-state index is 12.8. The number of halogens is 3. The molecule has 0 aliphatic carbocycles. The minimum Gasteiger partial charge on any atom is -0.367 e. The summed E-state index contributed by atoms with van der Waals surface area (Å²) in [6.07, 6.45) is -4.49. The Morgan fingerprint density at radius 2 is 1.40 bits per heavy atom. The number of benzene rings is 3. The van der Waals surface area contributed by atoms with Gasteiger partial charge in [-0.1, -0.05) is 60.3 Å². The van der Waals surface area contributed by atoms with Gasteiger partial charge in [0.05, 0.1) is 5.56 Å². The fourth-order valence-corrected chi connectivity index (χ4v) is 3.81. The first kappa shape index (κ1) is 21.6. The van der Waals surface area contributed by atoms with Gasteiger partial charge in [0.1, 0.15) is 0 Å². The lowest BCUT2D eigenvalue weighted by atomic mass is 9.97. The Kier molecular flexibility index (Phi) is 6.00. The van der Waals surface area contributed by atoms with Crippen LogP contribution in [0.3, 0.4) is 0 Å². The summed E-state index contributed by atoms with van der Waals surface area (Å²) in [4.78, 5) is 24.0. The highest BCUT2D eigenvalue weighted by Crippen LogP contribution is 2.37. The molecule has 0 saturated carbocycles. The van der Waals surface area contributed by atoms with E-state index in [-0.39, 0.29) is 11.1 Å². The van der Waals surface area contributed by atoms with Crippen LogP contribution in [-0.4, -0.2) is 11.7 Å². The third-order valence-corrected chi connectivity index (χ3v) is 5.68. The minimum absolute atomic E-state index is 0.0811. The maximum Gasteiger partial charge on any atom is 0.416 e. The Hall–Kier alpha value is -3.10. The summed E-state index contributed by atoms with van der Waals surface area (Å²) < 4.78 is 38.2. The third-order valence-electron chi connectivity index (χ3n) is 4.42. The monoisotopic (exact) mass is 430 g/mol. The number of rotatable bonds is 6. The van der Waals surface area contributed by atoms with Gasteiger partial charge < -0.3 is 11.5 Å². The first-order valence-corrected chi connectivity index (χ1v) is 9.58. The van der Waals surface area contributed by atoms with Crippen molar-refractivity contribution < 1.29 is 22.8 Å². The van der Waals surface area contributed by atoms with Crippen LogP contribution in [0, 0.1) is 0 Å². The van der Waals surface area contributed by atoms with Gasteiger partial charge in [0.15, 0.2) is 10.7 Å². The Morgan fingerprint density at radius 1 is 0.767 bits per heavy atom. The zero-order valence-corrected chi connectivity index (χ0v) is 16.3. The summed E-state index contributed by atoms with van der Waals surface area (Å²) in [5.41, 5.74) is 11.6. The molecule has 0 bridgehead atoms. The number of primary amides is 1. The van der Waals surface area contributed by atoms with E-state index in [9.17, 15) is 22.8 Å². The molecule has 30 heavy (non-hydrogen) atoms. The molecule has 0 radical (unpaired) electrons. The molecular weight excluding hydrogens is 413 g/mol. The van der Waals surface area contributed by atoms with E-state index >= 15 is 0 Å². The number of carbonyl (C=O) groups is 2. The molecule has 0 spiro atoms. The van der Waals surface area contributed by atoms with Crippen molar-refractivity contribution in [2.24, 2.45) is 11.5 Å². The summed E-state index contributed by atoms with van der Waals surface area (Å²) >= 11 is 1.04. The van der Waals surface area contributed by atoms with Crippen LogP contribution in [0.4, 0.5) is 13.2 Å². The van der Waals surface area contributed by atoms with Gasteiger partial charge in [-0.05, 0) is 35.9 Å². The SMILES string of the molecule is NC(=O)C(N)(Sc1ccccc1)c1cccc(C(=O)c2ccc(C(F)(F)F)cc2)c1. The van der Waals surface area contributed by atoms with E-state index in [0.29, 0.717) is 10.5 Å². The van der Waals surface area contributed by atoms with Gasteiger partial charge in [0.2, 0.25) is 0 Å². The molecule has 0 aliphatic rings. The Balaban J connectivity index is 1.94. The highest BCUT2D eigenvalue weighted by molar-refractivity contribution is 8.01. The van der Waals surface area contributed by atoms with Gasteiger partial charge in [0.25, 0.3) is 5.91 Å². The quantitative estimate of drug-likeness (QED) is 0.346. The summed E-state index contributed by atoms with van der Waals surface area (Å²) in [6.45, 7) is 0. The number of alkyl halides is 3. The smallest absolute Gasteiger partial charge is 0.367 e. The molecule has 0 saturated heterocycles. The Bertz CT molecular complexity index is 1070. The van der Waals surface area contributed by atoms with E-state index in [2.05, 4.69) is 0 Å². The second-order valence-corrected chi connectivity index (χ2v) is 7.82. The van der Waals surface area contributed by atoms with Crippen molar-refractivity contribution in [2.45, 2.75) is 15.9 Å². The molecule has 4 nitrogen and oxygen atoms in total. The predicted octanol–water partition coefficient (Wildman–Crippen LogP) is 4.33. The van der Waals surface area contributed by atoms with Gasteiger partial charge >= 0.3 is 6.18 Å².